The lowest BCUT2D eigenvalue weighted by Gasteiger charge is -2.10. The van der Waals surface area contributed by atoms with Crippen LogP contribution in [0.5, 0.6) is 5.75 Å². The number of benzene rings is 1. The number of alkyl halides is 3. The van der Waals surface area contributed by atoms with Crippen LogP contribution < -0.4 is 4.74 Å². The van der Waals surface area contributed by atoms with Gasteiger partial charge in [0.25, 0.3) is 0 Å². The van der Waals surface area contributed by atoms with Gasteiger partial charge in [0.15, 0.2) is 12.0 Å². The second-order valence-corrected chi connectivity index (χ2v) is 3.60. The van der Waals surface area contributed by atoms with Gasteiger partial charge >= 0.3 is 6.18 Å². The molecule has 2 aromatic rings. The van der Waals surface area contributed by atoms with Crippen molar-refractivity contribution in [2.75, 3.05) is 7.11 Å². The van der Waals surface area contributed by atoms with Crippen molar-refractivity contribution < 1.29 is 22.7 Å². The molecule has 6 heteroatoms. The van der Waals surface area contributed by atoms with Crippen LogP contribution in [0.2, 0.25) is 0 Å². The normalized spacial score (nSPS) is 11.6. The predicted molar refractivity (Wildman–Crippen MR) is 58.7 cm³/mol. The van der Waals surface area contributed by atoms with Crippen molar-refractivity contribution in [2.24, 2.45) is 0 Å². The number of carbonyl (C=O) groups is 1. The van der Waals surface area contributed by atoms with Gasteiger partial charge in [0, 0.05) is 10.9 Å². The molecule has 0 atom stereocenters. The van der Waals surface area contributed by atoms with Crippen molar-refractivity contribution in [1.29, 1.82) is 0 Å². The Labute approximate surface area is 100 Å². The van der Waals surface area contributed by atoms with Crippen molar-refractivity contribution in [3.05, 3.63) is 35.5 Å². The number of hydrogen-bond acceptors (Lipinski definition) is 3. The van der Waals surface area contributed by atoms with Crippen LogP contribution in [0, 0.1) is 0 Å². The average Bonchev–Trinajstić information content (AvgIpc) is 2.35. The third-order valence-electron chi connectivity index (χ3n) is 2.45. The first kappa shape index (κ1) is 12.3. The predicted octanol–water partition coefficient (Wildman–Crippen LogP) is 3.07. The molecule has 0 saturated heterocycles. The maximum Gasteiger partial charge on any atom is 0.434 e. The lowest BCUT2D eigenvalue weighted by Crippen LogP contribution is -2.11. The minimum atomic E-state index is -4.65. The average molecular weight is 255 g/mol. The van der Waals surface area contributed by atoms with E-state index in [4.69, 9.17) is 4.74 Å². The molecule has 1 aromatic heterocycles. The number of rotatable bonds is 2. The summed E-state index contributed by atoms with van der Waals surface area (Å²) in [5.74, 6) is 0.487. The molecular formula is C12H8F3NO2. The first-order valence-corrected chi connectivity index (χ1v) is 4.97. The van der Waals surface area contributed by atoms with Crippen LogP contribution in [0.4, 0.5) is 13.2 Å². The molecule has 0 spiro atoms. The number of fused-ring (bicyclic) bond motifs is 1. The standard InChI is InChI=1S/C12H8F3NO2/c1-18-9-2-3-10-7(5-9)4-8(6-17)11(16-10)12(13,14)15/h2-6H,1H3. The number of ether oxygens (including phenoxy) is 1. The van der Waals surface area contributed by atoms with E-state index >= 15 is 0 Å². The highest BCUT2D eigenvalue weighted by atomic mass is 19.4. The fourth-order valence-electron chi connectivity index (χ4n) is 1.61. The summed E-state index contributed by atoms with van der Waals surface area (Å²) < 4.78 is 42.9. The maximum absolute atomic E-state index is 12.7. The molecule has 18 heavy (non-hydrogen) atoms. The Morgan fingerprint density at radius 1 is 1.28 bits per heavy atom. The highest BCUT2D eigenvalue weighted by Crippen LogP contribution is 2.32. The summed E-state index contributed by atoms with van der Waals surface area (Å²) in [5, 5.41) is 0.421. The molecule has 2 rings (SSSR count). The summed E-state index contributed by atoms with van der Waals surface area (Å²) in [5.41, 5.74) is -1.49. The SMILES string of the molecule is COc1ccc2nc(C(F)(F)F)c(C=O)cc2c1. The smallest absolute Gasteiger partial charge is 0.434 e. The van der Waals surface area contributed by atoms with E-state index in [1.54, 1.807) is 0 Å². The zero-order chi connectivity index (χ0) is 13.3. The largest absolute Gasteiger partial charge is 0.497 e. The summed E-state index contributed by atoms with van der Waals surface area (Å²) in [6.07, 6.45) is -4.50. The second kappa shape index (κ2) is 4.29. The van der Waals surface area contributed by atoms with Crippen LogP contribution in [0.3, 0.4) is 0 Å². The van der Waals surface area contributed by atoms with Crippen molar-refractivity contribution in [2.45, 2.75) is 6.18 Å². The number of aromatic nitrogens is 1. The van der Waals surface area contributed by atoms with Gasteiger partial charge in [0.1, 0.15) is 5.75 Å². The van der Waals surface area contributed by atoms with Gasteiger partial charge in [-0.05, 0) is 24.3 Å². The maximum atomic E-state index is 12.7. The zero-order valence-corrected chi connectivity index (χ0v) is 9.28. The Kier molecular flexibility index (Phi) is 2.94. The molecule has 0 fully saturated rings. The molecule has 0 saturated carbocycles. The lowest BCUT2D eigenvalue weighted by molar-refractivity contribution is -0.141. The van der Waals surface area contributed by atoms with Crippen molar-refractivity contribution in [3.8, 4) is 5.75 Å². The van der Waals surface area contributed by atoms with E-state index in [9.17, 15) is 18.0 Å². The Hall–Kier alpha value is -2.11. The molecule has 0 N–H and O–H groups in total. The number of halogens is 3. The topological polar surface area (TPSA) is 39.2 Å². The molecule has 0 aliphatic carbocycles. The molecule has 1 aromatic carbocycles. The van der Waals surface area contributed by atoms with E-state index in [-0.39, 0.29) is 11.8 Å². The third kappa shape index (κ3) is 2.13. The first-order valence-electron chi connectivity index (χ1n) is 4.97. The molecule has 0 radical (unpaired) electrons. The summed E-state index contributed by atoms with van der Waals surface area (Å²) in [6, 6.07) is 5.60. The van der Waals surface area contributed by atoms with Gasteiger partial charge in [-0.2, -0.15) is 13.2 Å². The fraction of sp³-hybridized carbons (Fsp3) is 0.167. The Bertz CT molecular complexity index is 608. The molecule has 3 nitrogen and oxygen atoms in total. The molecule has 94 valence electrons. The molecular weight excluding hydrogens is 247 g/mol. The van der Waals surface area contributed by atoms with Crippen LogP contribution in [-0.4, -0.2) is 18.4 Å². The van der Waals surface area contributed by atoms with Gasteiger partial charge in [0.05, 0.1) is 12.6 Å². The quantitative estimate of drug-likeness (QED) is 0.774. The van der Waals surface area contributed by atoms with Gasteiger partial charge < -0.3 is 4.74 Å². The zero-order valence-electron chi connectivity index (χ0n) is 9.28. The third-order valence-corrected chi connectivity index (χ3v) is 2.45. The van der Waals surface area contributed by atoms with Gasteiger partial charge in [-0.15, -0.1) is 0 Å². The van der Waals surface area contributed by atoms with Crippen molar-refractivity contribution >= 4 is 17.2 Å². The van der Waals surface area contributed by atoms with Crippen LogP contribution >= 0.6 is 0 Å². The van der Waals surface area contributed by atoms with Gasteiger partial charge in [-0.1, -0.05) is 0 Å². The summed E-state index contributed by atoms with van der Waals surface area (Å²) in [4.78, 5) is 14.2. The molecule has 0 aliphatic rings. The van der Waals surface area contributed by atoms with Crippen LogP contribution in [-0.2, 0) is 6.18 Å². The Morgan fingerprint density at radius 3 is 2.56 bits per heavy atom. The molecule has 0 bridgehead atoms. The Morgan fingerprint density at radius 2 is 2.00 bits per heavy atom. The number of aldehydes is 1. The van der Waals surface area contributed by atoms with Crippen LogP contribution in [0.15, 0.2) is 24.3 Å². The van der Waals surface area contributed by atoms with Gasteiger partial charge in [-0.3, -0.25) is 4.79 Å². The van der Waals surface area contributed by atoms with Crippen LogP contribution in [0.25, 0.3) is 10.9 Å². The molecule has 0 unspecified atom stereocenters. The van der Waals surface area contributed by atoms with E-state index in [1.807, 2.05) is 0 Å². The van der Waals surface area contributed by atoms with E-state index in [2.05, 4.69) is 4.98 Å². The lowest BCUT2D eigenvalue weighted by atomic mass is 10.1. The van der Waals surface area contributed by atoms with Crippen molar-refractivity contribution in [3.63, 3.8) is 0 Å². The van der Waals surface area contributed by atoms with Crippen LogP contribution in [0.1, 0.15) is 16.1 Å². The minimum absolute atomic E-state index is 0.148. The first-order chi connectivity index (χ1) is 8.45. The van der Waals surface area contributed by atoms with E-state index in [0.717, 1.165) is 6.07 Å². The molecule has 0 aliphatic heterocycles. The Balaban J connectivity index is 2.72. The molecule has 1 heterocycles. The van der Waals surface area contributed by atoms with E-state index in [1.165, 1.54) is 25.3 Å². The van der Waals surface area contributed by atoms with E-state index < -0.39 is 17.4 Å². The second-order valence-electron chi connectivity index (χ2n) is 3.60. The fourth-order valence-corrected chi connectivity index (χ4v) is 1.61. The number of pyridine rings is 1. The number of carbonyl (C=O) groups excluding carboxylic acids is 1. The summed E-state index contributed by atoms with van der Waals surface area (Å²) >= 11 is 0. The number of methoxy groups -OCH3 is 1. The van der Waals surface area contributed by atoms with Gasteiger partial charge in [0.2, 0.25) is 0 Å². The van der Waals surface area contributed by atoms with Gasteiger partial charge in [-0.25, -0.2) is 4.98 Å². The number of nitrogens with zero attached hydrogens (tertiary/aromatic N) is 1. The minimum Gasteiger partial charge on any atom is -0.497 e. The molecule has 0 amide bonds. The summed E-state index contributed by atoms with van der Waals surface area (Å²) in [6.45, 7) is 0. The highest BCUT2D eigenvalue weighted by Gasteiger charge is 2.35. The van der Waals surface area contributed by atoms with Crippen molar-refractivity contribution in [1.82, 2.24) is 4.98 Å². The number of hydrogen-bond donors (Lipinski definition) is 0. The summed E-state index contributed by atoms with van der Waals surface area (Å²) in [7, 11) is 1.44. The monoisotopic (exact) mass is 255 g/mol. The van der Waals surface area contributed by atoms with E-state index in [0.29, 0.717) is 11.1 Å². The highest BCUT2D eigenvalue weighted by molar-refractivity contribution is 5.88.